The first-order chi connectivity index (χ1) is 13.0. The number of hydrogen-bond acceptors (Lipinski definition) is 5. The van der Waals surface area contributed by atoms with Gasteiger partial charge in [-0.3, -0.25) is 9.69 Å². The second-order valence-corrected chi connectivity index (χ2v) is 7.95. The summed E-state index contributed by atoms with van der Waals surface area (Å²) in [6.07, 6.45) is 0. The molecule has 0 aliphatic heterocycles. The zero-order valence-electron chi connectivity index (χ0n) is 16.6. The monoisotopic (exact) mass is 387 g/mol. The third kappa shape index (κ3) is 6.18. The van der Waals surface area contributed by atoms with Gasteiger partial charge in [-0.1, -0.05) is 42.1 Å². The number of nitrogens with zero attached hydrogens (tertiary/aromatic N) is 1. The van der Waals surface area contributed by atoms with E-state index in [-0.39, 0.29) is 5.78 Å². The zero-order valence-corrected chi connectivity index (χ0v) is 17.4. The van der Waals surface area contributed by atoms with Crippen molar-refractivity contribution in [2.75, 3.05) is 40.5 Å². The van der Waals surface area contributed by atoms with Crippen LogP contribution in [0.5, 0.6) is 0 Å². The molecule has 0 aliphatic carbocycles. The maximum atomic E-state index is 13.2. The minimum absolute atomic E-state index is 0.103. The molecule has 0 fully saturated rings. The Labute approximate surface area is 166 Å². The lowest BCUT2D eigenvalue weighted by molar-refractivity contribution is 0.0418. The van der Waals surface area contributed by atoms with Crippen LogP contribution in [0.1, 0.15) is 24.2 Å². The molecular weight excluding hydrogens is 358 g/mol. The summed E-state index contributed by atoms with van der Waals surface area (Å²) in [5.74, 6) is 0.103. The summed E-state index contributed by atoms with van der Waals surface area (Å²) in [7, 11) is 3.35. The highest BCUT2D eigenvalue weighted by atomic mass is 32.2. The summed E-state index contributed by atoms with van der Waals surface area (Å²) < 4.78 is 10.4. The van der Waals surface area contributed by atoms with Gasteiger partial charge in [0.25, 0.3) is 0 Å². The van der Waals surface area contributed by atoms with Gasteiger partial charge in [-0.05, 0) is 38.1 Å². The lowest BCUT2D eigenvalue weighted by Crippen LogP contribution is -2.52. The molecule has 0 amide bonds. The number of ether oxygens (including phenoxy) is 2. The zero-order chi connectivity index (χ0) is 19.7. The third-order valence-corrected chi connectivity index (χ3v) is 5.59. The minimum Gasteiger partial charge on any atom is -0.383 e. The molecule has 0 atom stereocenters. The Morgan fingerprint density at radius 3 is 1.93 bits per heavy atom. The highest BCUT2D eigenvalue weighted by Gasteiger charge is 2.34. The Kier molecular flexibility index (Phi) is 8.51. The molecule has 0 saturated heterocycles. The fraction of sp³-hybridized carbons (Fsp3) is 0.409. The maximum Gasteiger partial charge on any atom is 0.182 e. The molecule has 0 bridgehead atoms. The number of methoxy groups -OCH3 is 2. The molecule has 27 heavy (non-hydrogen) atoms. The van der Waals surface area contributed by atoms with E-state index in [2.05, 4.69) is 17.0 Å². The Morgan fingerprint density at radius 1 is 0.889 bits per heavy atom. The van der Waals surface area contributed by atoms with Crippen molar-refractivity contribution < 1.29 is 14.3 Å². The number of Topliss-reactive ketones (excluding diaryl/α,β-unsaturated/α-hetero) is 1. The van der Waals surface area contributed by atoms with Crippen LogP contribution >= 0.6 is 11.8 Å². The van der Waals surface area contributed by atoms with Gasteiger partial charge in [0.05, 0.1) is 18.8 Å². The topological polar surface area (TPSA) is 38.8 Å². The highest BCUT2D eigenvalue weighted by molar-refractivity contribution is 7.99. The first kappa shape index (κ1) is 21.6. The van der Waals surface area contributed by atoms with Gasteiger partial charge in [-0.15, -0.1) is 0 Å². The second-order valence-electron chi connectivity index (χ2n) is 6.80. The van der Waals surface area contributed by atoms with E-state index in [1.54, 1.807) is 26.0 Å². The quantitative estimate of drug-likeness (QED) is 0.535. The third-order valence-electron chi connectivity index (χ3n) is 4.57. The average molecular weight is 388 g/mol. The highest BCUT2D eigenvalue weighted by Crippen LogP contribution is 2.28. The normalized spacial score (nSPS) is 11.7. The van der Waals surface area contributed by atoms with Gasteiger partial charge < -0.3 is 9.47 Å². The van der Waals surface area contributed by atoms with E-state index in [4.69, 9.17) is 9.47 Å². The number of rotatable bonds is 11. The second kappa shape index (κ2) is 10.6. The van der Waals surface area contributed by atoms with Crippen LogP contribution in [0.15, 0.2) is 64.4 Å². The molecule has 2 aromatic rings. The van der Waals surface area contributed by atoms with Gasteiger partial charge in [-0.2, -0.15) is 0 Å². The van der Waals surface area contributed by atoms with Crippen molar-refractivity contribution >= 4 is 17.5 Å². The summed E-state index contributed by atoms with van der Waals surface area (Å²) in [5, 5.41) is 0. The van der Waals surface area contributed by atoms with Crippen LogP contribution in [-0.4, -0.2) is 56.7 Å². The molecule has 0 aliphatic rings. The van der Waals surface area contributed by atoms with Crippen LogP contribution in [0.4, 0.5) is 0 Å². The predicted octanol–water partition coefficient (Wildman–Crippen LogP) is 4.39. The van der Waals surface area contributed by atoms with E-state index in [0.29, 0.717) is 26.3 Å². The minimum atomic E-state index is -0.634. The van der Waals surface area contributed by atoms with E-state index in [1.807, 2.05) is 56.3 Å². The van der Waals surface area contributed by atoms with Crippen LogP contribution in [-0.2, 0) is 9.47 Å². The van der Waals surface area contributed by atoms with Crippen molar-refractivity contribution in [1.29, 1.82) is 0 Å². The summed E-state index contributed by atoms with van der Waals surface area (Å²) in [6, 6.07) is 18.1. The molecule has 5 heteroatoms. The molecule has 146 valence electrons. The molecular formula is C22H29NO3S. The van der Waals surface area contributed by atoms with Gasteiger partial charge in [0.15, 0.2) is 5.78 Å². The standard InChI is InChI=1S/C22H29NO3S/c1-22(2,23(14-16-25-3)15-17-26-4)21(24)18-10-12-20(13-11-18)27-19-8-6-5-7-9-19/h5-13H,14-17H2,1-4H3. The number of hydrogen-bond donors (Lipinski definition) is 0. The first-order valence-electron chi connectivity index (χ1n) is 9.09. The Bertz CT molecular complexity index is 693. The van der Waals surface area contributed by atoms with Gasteiger partial charge >= 0.3 is 0 Å². The molecule has 0 saturated carbocycles. The Morgan fingerprint density at radius 2 is 1.41 bits per heavy atom. The molecule has 0 spiro atoms. The molecule has 0 aromatic heterocycles. The van der Waals surface area contributed by atoms with Crippen LogP contribution in [0.2, 0.25) is 0 Å². The van der Waals surface area contributed by atoms with Crippen molar-refractivity contribution in [3.63, 3.8) is 0 Å². The van der Waals surface area contributed by atoms with Crippen LogP contribution in [0.25, 0.3) is 0 Å². The van der Waals surface area contributed by atoms with Crippen molar-refractivity contribution in [1.82, 2.24) is 4.90 Å². The van der Waals surface area contributed by atoms with Gasteiger partial charge in [-0.25, -0.2) is 0 Å². The summed E-state index contributed by atoms with van der Waals surface area (Å²) >= 11 is 1.69. The lowest BCUT2D eigenvalue weighted by Gasteiger charge is -2.37. The lowest BCUT2D eigenvalue weighted by atomic mass is 9.91. The Hall–Kier alpha value is -1.66. The van der Waals surface area contributed by atoms with E-state index >= 15 is 0 Å². The van der Waals surface area contributed by atoms with Crippen molar-refractivity contribution in [3.05, 3.63) is 60.2 Å². The molecule has 2 rings (SSSR count). The number of ketones is 1. The van der Waals surface area contributed by atoms with Crippen molar-refractivity contribution in [3.8, 4) is 0 Å². The van der Waals surface area contributed by atoms with Crippen LogP contribution in [0, 0.1) is 0 Å². The summed E-state index contributed by atoms with van der Waals surface area (Å²) in [6.45, 7) is 6.45. The van der Waals surface area contributed by atoms with E-state index < -0.39 is 5.54 Å². The predicted molar refractivity (Wildman–Crippen MR) is 111 cm³/mol. The largest absolute Gasteiger partial charge is 0.383 e. The van der Waals surface area contributed by atoms with Gasteiger partial charge in [0, 0.05) is 42.7 Å². The fourth-order valence-corrected chi connectivity index (χ4v) is 3.71. The Balaban J connectivity index is 2.11. The molecule has 0 unspecified atom stereocenters. The van der Waals surface area contributed by atoms with Crippen molar-refractivity contribution in [2.45, 2.75) is 29.2 Å². The summed E-state index contributed by atoms with van der Waals surface area (Å²) in [5.41, 5.74) is 0.0859. The molecule has 2 aromatic carbocycles. The molecule has 4 nitrogen and oxygen atoms in total. The summed E-state index contributed by atoms with van der Waals surface area (Å²) in [4.78, 5) is 17.6. The average Bonchev–Trinajstić information content (AvgIpc) is 2.68. The fourth-order valence-electron chi connectivity index (χ4n) is 2.87. The van der Waals surface area contributed by atoms with E-state index in [0.717, 1.165) is 10.5 Å². The van der Waals surface area contributed by atoms with Gasteiger partial charge in [0.2, 0.25) is 0 Å². The molecule has 0 radical (unpaired) electrons. The molecule has 0 heterocycles. The number of carbonyl (C=O) groups excluding carboxylic acids is 1. The number of benzene rings is 2. The van der Waals surface area contributed by atoms with Crippen LogP contribution in [0.3, 0.4) is 0 Å². The SMILES string of the molecule is COCCN(CCOC)C(C)(C)C(=O)c1ccc(Sc2ccccc2)cc1. The number of carbonyl (C=O) groups is 1. The smallest absolute Gasteiger partial charge is 0.182 e. The maximum absolute atomic E-state index is 13.2. The van der Waals surface area contributed by atoms with E-state index in [9.17, 15) is 4.79 Å². The van der Waals surface area contributed by atoms with Crippen LogP contribution < -0.4 is 0 Å². The molecule has 0 N–H and O–H groups in total. The van der Waals surface area contributed by atoms with Crippen molar-refractivity contribution in [2.24, 2.45) is 0 Å². The first-order valence-corrected chi connectivity index (χ1v) is 9.91. The van der Waals surface area contributed by atoms with Gasteiger partial charge in [0.1, 0.15) is 0 Å². The van der Waals surface area contributed by atoms with E-state index in [1.165, 1.54) is 4.90 Å².